The Balaban J connectivity index is 1.32. The molecule has 2 N–H and O–H groups in total. The van der Waals surface area contributed by atoms with Crippen molar-refractivity contribution in [3.8, 4) is 33.8 Å². The summed E-state index contributed by atoms with van der Waals surface area (Å²) < 4.78 is 89.8. The van der Waals surface area contributed by atoms with Crippen LogP contribution in [-0.4, -0.2) is 76.5 Å². The first-order valence-electron chi connectivity index (χ1n) is 19.1. The van der Waals surface area contributed by atoms with Crippen LogP contribution in [0.2, 0.25) is 0 Å². The Hall–Kier alpha value is -5.86. The molecular formula is C44H46F5N3O7. The van der Waals surface area contributed by atoms with Crippen molar-refractivity contribution in [1.29, 1.82) is 0 Å². The zero-order valence-electron chi connectivity index (χ0n) is 33.5. The maximum atomic E-state index is 14.6. The molecule has 15 heteroatoms. The molecule has 10 nitrogen and oxygen atoms in total. The van der Waals surface area contributed by atoms with E-state index in [0.717, 1.165) is 18.2 Å². The average Bonchev–Trinajstić information content (AvgIpc) is 3.80. The molecule has 0 saturated carbocycles. The Bertz CT molecular complexity index is 2230. The number of carbonyl (C=O) groups is 3. The van der Waals surface area contributed by atoms with Crippen molar-refractivity contribution >= 4 is 23.8 Å². The largest absolute Gasteiger partial charge is 0.488 e. The summed E-state index contributed by atoms with van der Waals surface area (Å²) in [6.45, 7) is 11.6. The molecule has 2 saturated heterocycles. The van der Waals surface area contributed by atoms with Gasteiger partial charge in [-0.05, 0) is 91.9 Å². The van der Waals surface area contributed by atoms with E-state index in [1.165, 1.54) is 70.5 Å². The maximum Gasteiger partial charge on any atom is 0.417 e. The number of nitrogens with zero attached hydrogens (tertiary/aromatic N) is 2. The van der Waals surface area contributed by atoms with Crippen molar-refractivity contribution < 1.29 is 55.7 Å². The SMILES string of the molecule is CC(C)(C)OC(=O)N1CC[C@H](Oc2ccc(NC(=O)c3ccc(OC4CCN(C(=O)O)[C@H]4C(C)(C)C)c(-c4ccc(F)c(F)c4)c3)cc2-c2ccccc2C(F)(F)F)C1. The second-order valence-corrected chi connectivity index (χ2v) is 16.7. The molecule has 0 spiro atoms. The quantitative estimate of drug-likeness (QED) is 0.170. The van der Waals surface area contributed by atoms with Crippen LogP contribution in [0.5, 0.6) is 11.5 Å². The Morgan fingerprint density at radius 2 is 1.46 bits per heavy atom. The van der Waals surface area contributed by atoms with E-state index in [1.807, 2.05) is 20.8 Å². The number of halogens is 5. The minimum absolute atomic E-state index is 0.0399. The molecule has 4 aromatic rings. The number of anilines is 1. The molecule has 4 aromatic carbocycles. The van der Waals surface area contributed by atoms with Gasteiger partial charge in [-0.3, -0.25) is 4.79 Å². The van der Waals surface area contributed by atoms with Crippen LogP contribution in [0, 0.1) is 17.0 Å². The van der Waals surface area contributed by atoms with Crippen LogP contribution in [-0.2, 0) is 10.9 Å². The van der Waals surface area contributed by atoms with Crippen molar-refractivity contribution in [2.75, 3.05) is 25.0 Å². The number of ether oxygens (including phenoxy) is 3. The second-order valence-electron chi connectivity index (χ2n) is 16.7. The van der Waals surface area contributed by atoms with Crippen molar-refractivity contribution in [2.45, 2.75) is 84.4 Å². The van der Waals surface area contributed by atoms with Gasteiger partial charge in [0.2, 0.25) is 0 Å². The number of likely N-dealkylation sites (tertiary alicyclic amines) is 2. The lowest BCUT2D eigenvalue weighted by Gasteiger charge is -2.37. The van der Waals surface area contributed by atoms with E-state index in [9.17, 15) is 41.4 Å². The highest BCUT2D eigenvalue weighted by molar-refractivity contribution is 6.05. The lowest BCUT2D eigenvalue weighted by Crippen LogP contribution is -2.48. The lowest BCUT2D eigenvalue weighted by atomic mass is 9.83. The molecule has 3 amide bonds. The van der Waals surface area contributed by atoms with Gasteiger partial charge in [-0.15, -0.1) is 0 Å². The predicted octanol–water partition coefficient (Wildman–Crippen LogP) is 10.5. The summed E-state index contributed by atoms with van der Waals surface area (Å²) in [6, 6.07) is 16.3. The smallest absolute Gasteiger partial charge is 0.417 e. The summed E-state index contributed by atoms with van der Waals surface area (Å²) in [4.78, 5) is 41.5. The zero-order valence-corrected chi connectivity index (χ0v) is 33.5. The highest BCUT2D eigenvalue weighted by Gasteiger charge is 2.46. The third kappa shape index (κ3) is 9.89. The highest BCUT2D eigenvalue weighted by Crippen LogP contribution is 2.43. The van der Waals surface area contributed by atoms with Gasteiger partial charge in [-0.2, -0.15) is 13.2 Å². The molecule has 0 aromatic heterocycles. The van der Waals surface area contributed by atoms with Crippen LogP contribution in [0.3, 0.4) is 0 Å². The first-order valence-corrected chi connectivity index (χ1v) is 19.1. The van der Waals surface area contributed by atoms with Crippen LogP contribution in [0.4, 0.5) is 37.2 Å². The number of carbonyl (C=O) groups excluding carboxylic acids is 2. The van der Waals surface area contributed by atoms with E-state index in [2.05, 4.69) is 5.32 Å². The van der Waals surface area contributed by atoms with Gasteiger partial charge in [0, 0.05) is 48.3 Å². The van der Waals surface area contributed by atoms with Gasteiger partial charge >= 0.3 is 18.4 Å². The number of carboxylic acid groups (broad SMARTS) is 1. The number of nitrogens with one attached hydrogen (secondary N) is 1. The van der Waals surface area contributed by atoms with Gasteiger partial charge in [0.05, 0.1) is 18.2 Å². The molecule has 0 bridgehead atoms. The molecule has 59 heavy (non-hydrogen) atoms. The normalized spacial score (nSPS) is 18.5. The van der Waals surface area contributed by atoms with E-state index in [4.69, 9.17) is 14.2 Å². The predicted molar refractivity (Wildman–Crippen MR) is 210 cm³/mol. The molecule has 3 atom stereocenters. The fourth-order valence-corrected chi connectivity index (χ4v) is 7.54. The van der Waals surface area contributed by atoms with Gasteiger partial charge < -0.3 is 34.4 Å². The molecule has 0 radical (unpaired) electrons. The zero-order chi connectivity index (χ0) is 43.0. The summed E-state index contributed by atoms with van der Waals surface area (Å²) >= 11 is 0. The molecule has 2 fully saturated rings. The number of rotatable bonds is 8. The standard InChI is InChI=1S/C44H46F5N3O7/c1-42(2,3)38-37(18-20-52(38)40(54)55)58-35-15-12-26(21-30(35)25-11-14-33(45)34(46)22-25)39(53)50-27-13-16-36(31(23-27)29-9-7-8-10-32(29)44(47,48)49)57-28-17-19-51(24-28)41(56)59-43(4,5)6/h7-16,21-23,28,37-38H,17-20,24H2,1-6H3,(H,50,53)(H,54,55)/t28-,37?,38+/m0/s1. The minimum atomic E-state index is -4.73. The van der Waals surface area contributed by atoms with Crippen molar-refractivity contribution in [3.05, 3.63) is 102 Å². The van der Waals surface area contributed by atoms with Gasteiger partial charge in [-0.25, -0.2) is 18.4 Å². The van der Waals surface area contributed by atoms with Gasteiger partial charge in [0.15, 0.2) is 11.6 Å². The lowest BCUT2D eigenvalue weighted by molar-refractivity contribution is -0.137. The Kier molecular flexibility index (Phi) is 11.9. The summed E-state index contributed by atoms with van der Waals surface area (Å²) in [5.41, 5.74) is -1.76. The van der Waals surface area contributed by atoms with E-state index < -0.39 is 70.7 Å². The van der Waals surface area contributed by atoms with Crippen molar-refractivity contribution in [3.63, 3.8) is 0 Å². The fourth-order valence-electron chi connectivity index (χ4n) is 7.54. The van der Waals surface area contributed by atoms with E-state index in [1.54, 1.807) is 20.8 Å². The van der Waals surface area contributed by atoms with Crippen molar-refractivity contribution in [1.82, 2.24) is 9.80 Å². The van der Waals surface area contributed by atoms with E-state index in [-0.39, 0.29) is 58.1 Å². The summed E-state index contributed by atoms with van der Waals surface area (Å²) in [6.07, 6.45) is -6.79. The molecule has 1 unspecified atom stereocenters. The van der Waals surface area contributed by atoms with Crippen LogP contribution >= 0.6 is 0 Å². The molecule has 2 heterocycles. The number of benzene rings is 4. The number of amides is 3. The number of hydrogen-bond donors (Lipinski definition) is 2. The van der Waals surface area contributed by atoms with E-state index in [0.29, 0.717) is 19.4 Å². The monoisotopic (exact) mass is 823 g/mol. The third-order valence-electron chi connectivity index (χ3n) is 10.1. The highest BCUT2D eigenvalue weighted by atomic mass is 19.4. The summed E-state index contributed by atoms with van der Waals surface area (Å²) in [5, 5.41) is 12.6. The summed E-state index contributed by atoms with van der Waals surface area (Å²) in [5.74, 6) is -2.62. The van der Waals surface area contributed by atoms with Gasteiger partial charge in [0.25, 0.3) is 5.91 Å². The molecule has 6 rings (SSSR count). The van der Waals surface area contributed by atoms with E-state index >= 15 is 0 Å². The first kappa shape index (κ1) is 42.7. The number of hydrogen-bond acceptors (Lipinski definition) is 6. The van der Waals surface area contributed by atoms with Crippen LogP contribution < -0.4 is 14.8 Å². The first-order chi connectivity index (χ1) is 27.6. The van der Waals surface area contributed by atoms with Crippen LogP contribution in [0.15, 0.2) is 78.9 Å². The van der Waals surface area contributed by atoms with Crippen LogP contribution in [0.1, 0.15) is 70.3 Å². The Morgan fingerprint density at radius 1 is 0.763 bits per heavy atom. The molecule has 314 valence electrons. The molecular weight excluding hydrogens is 777 g/mol. The molecule has 2 aliphatic heterocycles. The number of alkyl halides is 3. The third-order valence-corrected chi connectivity index (χ3v) is 10.1. The van der Waals surface area contributed by atoms with Gasteiger partial charge in [0.1, 0.15) is 29.3 Å². The van der Waals surface area contributed by atoms with Crippen molar-refractivity contribution in [2.24, 2.45) is 5.41 Å². The fraction of sp³-hybridized carbons (Fsp3) is 0.386. The molecule has 0 aliphatic carbocycles. The average molecular weight is 824 g/mol. The second kappa shape index (κ2) is 16.4. The Morgan fingerprint density at radius 3 is 2.12 bits per heavy atom. The minimum Gasteiger partial charge on any atom is -0.488 e. The van der Waals surface area contributed by atoms with Gasteiger partial charge in [-0.1, -0.05) is 45.0 Å². The maximum absolute atomic E-state index is 14.6. The Labute approximate surface area is 338 Å². The summed E-state index contributed by atoms with van der Waals surface area (Å²) in [7, 11) is 0. The van der Waals surface area contributed by atoms with Crippen LogP contribution in [0.25, 0.3) is 22.3 Å². The topological polar surface area (TPSA) is 118 Å². The molecule has 2 aliphatic rings.